The number of ether oxygens (including phenoxy) is 4. The van der Waals surface area contributed by atoms with Gasteiger partial charge in [-0.15, -0.1) is 0 Å². The van der Waals surface area contributed by atoms with Crippen molar-refractivity contribution >= 4 is 0 Å². The summed E-state index contributed by atoms with van der Waals surface area (Å²) in [6.07, 6.45) is 6.94. The number of fused-ring (bicyclic) bond motifs is 2. The molecule has 0 radical (unpaired) electrons. The highest BCUT2D eigenvalue weighted by Crippen LogP contribution is 2.69. The van der Waals surface area contributed by atoms with Crippen molar-refractivity contribution in [2.24, 2.45) is 35.0 Å². The monoisotopic (exact) mass is 367 g/mol. The summed E-state index contributed by atoms with van der Waals surface area (Å²) < 4.78 is 23.3. The molecule has 3 aliphatic carbocycles. The quantitative estimate of drug-likeness (QED) is 0.675. The van der Waals surface area contributed by atoms with E-state index in [1.54, 1.807) is 14.2 Å². The lowest BCUT2D eigenvalue weighted by Crippen LogP contribution is -2.49. The van der Waals surface area contributed by atoms with Gasteiger partial charge in [0, 0.05) is 26.2 Å². The maximum Gasteiger partial charge on any atom is 0.146 e. The van der Waals surface area contributed by atoms with E-state index in [1.807, 2.05) is 0 Å². The van der Waals surface area contributed by atoms with Crippen LogP contribution in [0.3, 0.4) is 0 Å². The molecule has 5 nitrogen and oxygen atoms in total. The van der Waals surface area contributed by atoms with E-state index in [9.17, 15) is 0 Å². The van der Waals surface area contributed by atoms with Crippen LogP contribution in [-0.2, 0) is 18.9 Å². The second-order valence-electron chi connectivity index (χ2n) is 9.50. The van der Waals surface area contributed by atoms with Crippen LogP contribution in [0.15, 0.2) is 0 Å². The summed E-state index contributed by atoms with van der Waals surface area (Å²) in [4.78, 5) is 2.52. The van der Waals surface area contributed by atoms with Crippen molar-refractivity contribution in [3.8, 4) is 0 Å². The van der Waals surface area contributed by atoms with E-state index in [0.29, 0.717) is 31.7 Å². The Hall–Kier alpha value is -0.200. The number of nitrogens with zero attached hydrogens (tertiary/aromatic N) is 1. The van der Waals surface area contributed by atoms with Gasteiger partial charge in [-0.05, 0) is 75.3 Å². The van der Waals surface area contributed by atoms with Crippen molar-refractivity contribution in [2.45, 2.75) is 51.2 Å². The van der Waals surface area contributed by atoms with E-state index < -0.39 is 0 Å². The molecule has 1 saturated heterocycles. The van der Waals surface area contributed by atoms with Crippen LogP contribution >= 0.6 is 0 Å². The molecule has 4 fully saturated rings. The van der Waals surface area contributed by atoms with Gasteiger partial charge in [0.15, 0.2) is 0 Å². The highest BCUT2D eigenvalue weighted by atomic mass is 16.7. The number of hydrogen-bond donors (Lipinski definition) is 0. The summed E-state index contributed by atoms with van der Waals surface area (Å²) in [5.41, 5.74) is 0.282. The maximum atomic E-state index is 6.38. The lowest BCUT2D eigenvalue weighted by molar-refractivity contribution is -0.169. The topological polar surface area (TPSA) is 40.2 Å². The molecule has 0 N–H and O–H groups in total. The van der Waals surface area contributed by atoms with Crippen LogP contribution in [-0.4, -0.2) is 65.1 Å². The second kappa shape index (κ2) is 7.67. The maximum absolute atomic E-state index is 6.38. The van der Waals surface area contributed by atoms with Crippen LogP contribution in [0, 0.1) is 35.0 Å². The molecule has 0 aromatic carbocycles. The van der Waals surface area contributed by atoms with Gasteiger partial charge in [0.25, 0.3) is 0 Å². The Morgan fingerprint density at radius 1 is 1.04 bits per heavy atom. The van der Waals surface area contributed by atoms with Crippen LogP contribution in [0.1, 0.15) is 39.0 Å². The summed E-state index contributed by atoms with van der Waals surface area (Å²) in [5, 5.41) is 0. The molecule has 8 atom stereocenters. The lowest BCUT2D eigenvalue weighted by atomic mass is 9.60. The number of hydrogen-bond acceptors (Lipinski definition) is 5. The van der Waals surface area contributed by atoms with E-state index in [4.69, 9.17) is 18.9 Å². The minimum absolute atomic E-state index is 0.282. The summed E-state index contributed by atoms with van der Waals surface area (Å²) in [6, 6.07) is 0. The molecule has 4 aliphatic rings. The zero-order valence-corrected chi connectivity index (χ0v) is 17.0. The Morgan fingerprint density at radius 3 is 2.58 bits per heavy atom. The summed E-state index contributed by atoms with van der Waals surface area (Å²) in [7, 11) is 5.75. The normalized spacial score (nSPS) is 48.2. The average molecular weight is 368 g/mol. The molecule has 0 unspecified atom stereocenters. The molecule has 150 valence electrons. The number of piperidine rings is 1. The van der Waals surface area contributed by atoms with Crippen LogP contribution in [0.4, 0.5) is 0 Å². The van der Waals surface area contributed by atoms with E-state index >= 15 is 0 Å². The van der Waals surface area contributed by atoms with Crippen molar-refractivity contribution in [3.63, 3.8) is 0 Å². The molecule has 4 rings (SSSR count). The fraction of sp³-hybridized carbons (Fsp3) is 1.00. The summed E-state index contributed by atoms with van der Waals surface area (Å²) in [6.45, 7) is 5.68. The van der Waals surface area contributed by atoms with Gasteiger partial charge in [0.05, 0.1) is 12.2 Å². The molecule has 5 heteroatoms. The predicted molar refractivity (Wildman–Crippen MR) is 99.6 cm³/mol. The summed E-state index contributed by atoms with van der Waals surface area (Å²) >= 11 is 0. The Morgan fingerprint density at radius 2 is 1.81 bits per heavy atom. The summed E-state index contributed by atoms with van der Waals surface area (Å²) in [5.74, 6) is 3.63. The highest BCUT2D eigenvalue weighted by molar-refractivity contribution is 5.17. The van der Waals surface area contributed by atoms with Gasteiger partial charge in [-0.2, -0.15) is 0 Å². The Labute approximate surface area is 158 Å². The Bertz CT molecular complexity index is 489. The molecule has 26 heavy (non-hydrogen) atoms. The first-order valence-corrected chi connectivity index (χ1v) is 10.5. The van der Waals surface area contributed by atoms with E-state index in [1.165, 1.54) is 45.2 Å². The first-order valence-electron chi connectivity index (χ1n) is 10.5. The van der Waals surface area contributed by atoms with Crippen LogP contribution in [0.2, 0.25) is 0 Å². The lowest BCUT2D eigenvalue weighted by Gasteiger charge is -2.48. The second-order valence-corrected chi connectivity index (χ2v) is 9.50. The third-order valence-corrected chi connectivity index (χ3v) is 8.06. The predicted octanol–water partition coefficient (Wildman–Crippen LogP) is 2.99. The van der Waals surface area contributed by atoms with Gasteiger partial charge < -0.3 is 23.8 Å². The number of methoxy groups -OCH3 is 2. The molecule has 0 amide bonds. The SMILES string of the molecule is COCO[C@H]1C[C@@H]2C[C@@H](C)C[C@@H](OCOC)[C@@]23C[C@H]2CN(C)CC[C@@H]2[C@@H]13. The van der Waals surface area contributed by atoms with Crippen LogP contribution in [0.5, 0.6) is 0 Å². The van der Waals surface area contributed by atoms with Crippen LogP contribution < -0.4 is 0 Å². The molecule has 0 bridgehead atoms. The van der Waals surface area contributed by atoms with Crippen molar-refractivity contribution in [3.05, 3.63) is 0 Å². The van der Waals surface area contributed by atoms with Gasteiger partial charge in [-0.25, -0.2) is 0 Å². The largest absolute Gasteiger partial charge is 0.359 e. The van der Waals surface area contributed by atoms with Gasteiger partial charge in [0.2, 0.25) is 0 Å². The van der Waals surface area contributed by atoms with Crippen molar-refractivity contribution < 1.29 is 18.9 Å². The first kappa shape index (κ1) is 19.1. The minimum Gasteiger partial charge on any atom is -0.359 e. The Balaban J connectivity index is 1.66. The molecule has 1 spiro atoms. The van der Waals surface area contributed by atoms with Crippen molar-refractivity contribution in [1.29, 1.82) is 0 Å². The minimum atomic E-state index is 0.282. The Kier molecular flexibility index (Phi) is 5.64. The van der Waals surface area contributed by atoms with Crippen molar-refractivity contribution in [1.82, 2.24) is 4.90 Å². The van der Waals surface area contributed by atoms with E-state index in [-0.39, 0.29) is 5.41 Å². The standard InChI is InChI=1S/C21H37NO4/c1-14-7-16-9-18(25-12-23-3)20-17-5-6-22(2)11-15(17)10-21(16,20)19(8-14)26-13-24-4/h14-20H,5-13H2,1-4H3/t14-,15+,16+,17+,18+,19-,20+,21-/m1/s1. The third kappa shape index (κ3) is 3.04. The fourth-order valence-electron chi connectivity index (χ4n) is 7.41. The molecular formula is C21H37NO4. The molecule has 1 aliphatic heterocycles. The van der Waals surface area contributed by atoms with Gasteiger partial charge >= 0.3 is 0 Å². The average Bonchev–Trinajstić information content (AvgIpc) is 3.09. The number of rotatable bonds is 6. The zero-order chi connectivity index (χ0) is 18.3. The zero-order valence-electron chi connectivity index (χ0n) is 17.0. The van der Waals surface area contributed by atoms with Gasteiger partial charge in [-0.3, -0.25) is 0 Å². The van der Waals surface area contributed by atoms with Crippen LogP contribution in [0.25, 0.3) is 0 Å². The first-order chi connectivity index (χ1) is 12.6. The van der Waals surface area contributed by atoms with Gasteiger partial charge in [-0.1, -0.05) is 6.92 Å². The molecule has 1 heterocycles. The van der Waals surface area contributed by atoms with Gasteiger partial charge in [0.1, 0.15) is 13.6 Å². The molecular weight excluding hydrogens is 330 g/mol. The molecule has 3 saturated carbocycles. The smallest absolute Gasteiger partial charge is 0.146 e. The van der Waals surface area contributed by atoms with E-state index in [0.717, 1.165) is 23.7 Å². The van der Waals surface area contributed by atoms with E-state index in [2.05, 4.69) is 18.9 Å². The molecule has 0 aromatic heterocycles. The number of likely N-dealkylation sites (tertiary alicyclic amines) is 1. The third-order valence-electron chi connectivity index (χ3n) is 8.06. The fourth-order valence-corrected chi connectivity index (χ4v) is 7.41. The highest BCUT2D eigenvalue weighted by Gasteiger charge is 2.68. The van der Waals surface area contributed by atoms with Crippen molar-refractivity contribution in [2.75, 3.05) is 47.9 Å². The molecule has 0 aromatic rings.